The van der Waals surface area contributed by atoms with Crippen LogP contribution < -0.4 is 30.4 Å². The number of carbonyl (C=O) groups is 2. The average molecular weight is 597 g/mol. The number of hydrogen-bond acceptors (Lipinski definition) is 6. The van der Waals surface area contributed by atoms with Crippen molar-refractivity contribution >= 4 is 71.8 Å². The van der Waals surface area contributed by atoms with Gasteiger partial charge in [-0.05, 0) is 81.4 Å². The molecule has 3 rings (SSSR count). The SMILES string of the molecule is COc1ccc(OCC(=O)NC(=S)NNC(=O)COc2ccc3cc(Br)ccc3c2Br)cc1. The van der Waals surface area contributed by atoms with E-state index in [1.165, 1.54) is 0 Å². The van der Waals surface area contributed by atoms with Crippen molar-refractivity contribution < 1.29 is 23.8 Å². The topological polar surface area (TPSA) is 97.9 Å². The quantitative estimate of drug-likeness (QED) is 0.281. The van der Waals surface area contributed by atoms with Crippen LogP contribution in [-0.4, -0.2) is 37.3 Å². The molecular weight excluding hydrogens is 578 g/mol. The summed E-state index contributed by atoms with van der Waals surface area (Å²) in [5.74, 6) is 0.733. The number of benzene rings is 3. The maximum atomic E-state index is 12.1. The first-order valence-electron chi connectivity index (χ1n) is 9.52. The van der Waals surface area contributed by atoms with E-state index in [1.54, 1.807) is 37.4 Å². The second-order valence-corrected chi connectivity index (χ2v) is 8.66. The average Bonchev–Trinajstić information content (AvgIpc) is 2.81. The van der Waals surface area contributed by atoms with E-state index in [0.29, 0.717) is 17.2 Å². The molecule has 0 aliphatic rings. The van der Waals surface area contributed by atoms with Gasteiger partial charge in [0, 0.05) is 4.47 Å². The summed E-state index contributed by atoms with van der Waals surface area (Å²) in [6, 6.07) is 16.3. The van der Waals surface area contributed by atoms with Crippen LogP contribution in [0.1, 0.15) is 0 Å². The van der Waals surface area contributed by atoms with Gasteiger partial charge in [-0.15, -0.1) is 0 Å². The highest BCUT2D eigenvalue weighted by Gasteiger charge is 2.11. The second-order valence-electron chi connectivity index (χ2n) is 6.55. The molecule has 8 nitrogen and oxygen atoms in total. The summed E-state index contributed by atoms with van der Waals surface area (Å²) in [7, 11) is 1.56. The van der Waals surface area contributed by atoms with E-state index in [0.717, 1.165) is 19.7 Å². The molecule has 0 heterocycles. The minimum atomic E-state index is -0.486. The minimum absolute atomic E-state index is 0.0795. The molecule has 0 saturated carbocycles. The molecule has 0 unspecified atom stereocenters. The smallest absolute Gasteiger partial charge is 0.276 e. The van der Waals surface area contributed by atoms with Crippen molar-refractivity contribution in [1.82, 2.24) is 16.2 Å². The van der Waals surface area contributed by atoms with Gasteiger partial charge < -0.3 is 14.2 Å². The van der Waals surface area contributed by atoms with E-state index in [9.17, 15) is 9.59 Å². The Hall–Kier alpha value is -2.89. The minimum Gasteiger partial charge on any atom is -0.497 e. The van der Waals surface area contributed by atoms with Gasteiger partial charge >= 0.3 is 0 Å². The van der Waals surface area contributed by atoms with E-state index in [4.69, 9.17) is 26.4 Å². The molecule has 3 aromatic rings. The third-order valence-electron chi connectivity index (χ3n) is 4.24. The van der Waals surface area contributed by atoms with E-state index in [1.807, 2.05) is 24.3 Å². The molecule has 2 amide bonds. The van der Waals surface area contributed by atoms with Crippen molar-refractivity contribution in [3.63, 3.8) is 0 Å². The normalized spacial score (nSPS) is 10.3. The molecule has 172 valence electrons. The lowest BCUT2D eigenvalue weighted by Gasteiger charge is -2.13. The largest absolute Gasteiger partial charge is 0.497 e. The van der Waals surface area contributed by atoms with Crippen LogP contribution in [-0.2, 0) is 9.59 Å². The number of nitrogens with one attached hydrogen (secondary N) is 3. The Labute approximate surface area is 212 Å². The fraction of sp³-hybridized carbons (Fsp3) is 0.136. The number of hydrazine groups is 1. The lowest BCUT2D eigenvalue weighted by molar-refractivity contribution is -0.124. The van der Waals surface area contributed by atoms with Gasteiger partial charge in [-0.1, -0.05) is 28.1 Å². The summed E-state index contributed by atoms with van der Waals surface area (Å²) in [6.07, 6.45) is 0. The van der Waals surface area contributed by atoms with Crippen LogP contribution in [0.25, 0.3) is 10.8 Å². The van der Waals surface area contributed by atoms with Crippen LogP contribution in [0.5, 0.6) is 17.2 Å². The number of halogens is 2. The third kappa shape index (κ3) is 7.31. The Morgan fingerprint density at radius 2 is 1.58 bits per heavy atom. The highest BCUT2D eigenvalue weighted by atomic mass is 79.9. The van der Waals surface area contributed by atoms with E-state index >= 15 is 0 Å². The van der Waals surface area contributed by atoms with E-state index < -0.39 is 11.8 Å². The van der Waals surface area contributed by atoms with Gasteiger partial charge in [0.2, 0.25) is 0 Å². The molecule has 3 aromatic carbocycles. The molecule has 0 bridgehead atoms. The van der Waals surface area contributed by atoms with Crippen molar-refractivity contribution in [3.8, 4) is 17.2 Å². The van der Waals surface area contributed by atoms with Crippen molar-refractivity contribution in [1.29, 1.82) is 0 Å². The zero-order valence-corrected chi connectivity index (χ0v) is 21.3. The van der Waals surface area contributed by atoms with Crippen LogP contribution in [0, 0.1) is 0 Å². The fourth-order valence-corrected chi connectivity index (χ4v) is 3.83. The van der Waals surface area contributed by atoms with Gasteiger partial charge in [0.1, 0.15) is 17.2 Å². The second kappa shape index (κ2) is 11.8. The molecular formula is C22H19Br2N3O5S. The predicted molar refractivity (Wildman–Crippen MR) is 135 cm³/mol. The lowest BCUT2D eigenvalue weighted by Crippen LogP contribution is -2.50. The molecule has 3 N–H and O–H groups in total. The Morgan fingerprint density at radius 1 is 0.879 bits per heavy atom. The van der Waals surface area contributed by atoms with Crippen molar-refractivity contribution in [2.75, 3.05) is 20.3 Å². The van der Waals surface area contributed by atoms with Crippen LogP contribution in [0.4, 0.5) is 0 Å². The number of hydrogen-bond donors (Lipinski definition) is 3. The molecule has 0 saturated heterocycles. The fourth-order valence-electron chi connectivity index (χ4n) is 2.67. The number of thiocarbonyl (C=S) groups is 1. The van der Waals surface area contributed by atoms with Crippen molar-refractivity contribution in [2.24, 2.45) is 0 Å². The van der Waals surface area contributed by atoms with Crippen molar-refractivity contribution in [3.05, 3.63) is 63.5 Å². The summed E-state index contributed by atoms with van der Waals surface area (Å²) in [5.41, 5.74) is 4.81. The van der Waals surface area contributed by atoms with Crippen LogP contribution in [0.15, 0.2) is 63.5 Å². The molecule has 0 spiro atoms. The van der Waals surface area contributed by atoms with Crippen molar-refractivity contribution in [2.45, 2.75) is 0 Å². The number of methoxy groups -OCH3 is 1. The third-order valence-corrected chi connectivity index (χ3v) is 5.75. The van der Waals surface area contributed by atoms with Gasteiger partial charge in [0.25, 0.3) is 11.8 Å². The molecule has 11 heteroatoms. The number of carbonyl (C=O) groups excluding carboxylic acids is 2. The molecule has 0 atom stereocenters. The number of rotatable bonds is 7. The molecule has 0 aliphatic carbocycles. The number of fused-ring (bicyclic) bond motifs is 1. The highest BCUT2D eigenvalue weighted by molar-refractivity contribution is 9.11. The maximum Gasteiger partial charge on any atom is 0.276 e. The predicted octanol–water partition coefficient (Wildman–Crippen LogP) is 3.85. The Bertz CT molecular complexity index is 1170. The van der Waals surface area contributed by atoms with Crippen LogP contribution in [0.3, 0.4) is 0 Å². The van der Waals surface area contributed by atoms with Gasteiger partial charge in [-0.25, -0.2) is 0 Å². The number of amides is 2. The van der Waals surface area contributed by atoms with E-state index in [-0.39, 0.29) is 18.3 Å². The summed E-state index contributed by atoms with van der Waals surface area (Å²) < 4.78 is 17.7. The Kier molecular flexibility index (Phi) is 8.87. The van der Waals surface area contributed by atoms with Gasteiger partial charge in [0.05, 0.1) is 11.6 Å². The Balaban J connectivity index is 1.39. The Morgan fingerprint density at radius 3 is 2.30 bits per heavy atom. The lowest BCUT2D eigenvalue weighted by atomic mass is 10.1. The van der Waals surface area contributed by atoms with Gasteiger partial charge in [0.15, 0.2) is 18.3 Å². The molecule has 0 aliphatic heterocycles. The zero-order chi connectivity index (χ0) is 23.8. The van der Waals surface area contributed by atoms with Gasteiger partial charge in [-0.3, -0.25) is 25.8 Å². The van der Waals surface area contributed by atoms with Crippen LogP contribution in [0.2, 0.25) is 0 Å². The molecule has 0 aromatic heterocycles. The standard InChI is InChI=1S/C22H19Br2N3O5S/c1-30-15-4-6-16(7-5-15)31-11-19(28)25-22(33)27-26-20(29)12-32-18-9-2-13-10-14(23)3-8-17(13)21(18)24/h2-10H,11-12H2,1H3,(H,26,29)(H2,25,27,28,33). The molecule has 33 heavy (non-hydrogen) atoms. The summed E-state index contributed by atoms with van der Waals surface area (Å²) in [6.45, 7) is -0.511. The monoisotopic (exact) mass is 595 g/mol. The van der Waals surface area contributed by atoms with Crippen LogP contribution >= 0.6 is 44.1 Å². The highest BCUT2D eigenvalue weighted by Crippen LogP contribution is 2.34. The summed E-state index contributed by atoms with van der Waals surface area (Å²) in [5, 5.41) is 4.29. The molecule has 0 radical (unpaired) electrons. The number of ether oxygens (including phenoxy) is 3. The molecule has 0 fully saturated rings. The van der Waals surface area contributed by atoms with Gasteiger partial charge in [-0.2, -0.15) is 0 Å². The maximum absolute atomic E-state index is 12.1. The van der Waals surface area contributed by atoms with E-state index in [2.05, 4.69) is 48.0 Å². The summed E-state index contributed by atoms with van der Waals surface area (Å²) in [4.78, 5) is 24.0. The zero-order valence-electron chi connectivity index (χ0n) is 17.3. The first-order chi connectivity index (χ1) is 15.9. The first kappa shape index (κ1) is 24.7. The summed E-state index contributed by atoms with van der Waals surface area (Å²) >= 11 is 11.9. The first-order valence-corrected chi connectivity index (χ1v) is 11.5.